The van der Waals surface area contributed by atoms with Crippen LogP contribution in [-0.4, -0.2) is 44.8 Å². The predicted molar refractivity (Wildman–Crippen MR) is 115 cm³/mol. The third-order valence-electron chi connectivity index (χ3n) is 6.03. The Morgan fingerprint density at radius 3 is 2.83 bits per heavy atom. The van der Waals surface area contributed by atoms with Gasteiger partial charge >= 0.3 is 0 Å². The molecule has 3 aromatic heterocycles. The van der Waals surface area contributed by atoms with E-state index < -0.39 is 10.0 Å². The minimum absolute atomic E-state index is 0.0933. The van der Waals surface area contributed by atoms with Crippen molar-refractivity contribution in [3.05, 3.63) is 60.2 Å². The van der Waals surface area contributed by atoms with Gasteiger partial charge in [-0.3, -0.25) is 4.40 Å². The molecule has 3 atom stereocenters. The van der Waals surface area contributed by atoms with Gasteiger partial charge in [0.1, 0.15) is 5.82 Å². The summed E-state index contributed by atoms with van der Waals surface area (Å²) in [5.74, 6) is 1.38. The van der Waals surface area contributed by atoms with Crippen molar-refractivity contribution in [1.29, 1.82) is 0 Å². The predicted octanol–water partition coefficient (Wildman–Crippen LogP) is 2.65. The molecule has 5 rings (SSSR count). The molecule has 9 heteroatoms. The lowest BCUT2D eigenvalue weighted by molar-refractivity contribution is 0.505. The highest BCUT2D eigenvalue weighted by atomic mass is 32.2. The van der Waals surface area contributed by atoms with Crippen molar-refractivity contribution in [1.82, 2.24) is 29.3 Å². The maximum Gasteiger partial charge on any atom is 0.212 e. The van der Waals surface area contributed by atoms with Gasteiger partial charge in [-0.1, -0.05) is 37.3 Å². The van der Waals surface area contributed by atoms with Crippen LogP contribution in [-0.2, 0) is 16.4 Å². The number of fused-ring (bicyclic) bond motifs is 3. The molecule has 0 spiro atoms. The molecular weight excluding hydrogens is 400 g/mol. The minimum Gasteiger partial charge on any atom is -0.345 e. The van der Waals surface area contributed by atoms with Crippen molar-refractivity contribution in [2.24, 2.45) is 5.92 Å². The molecule has 0 radical (unpaired) electrons. The summed E-state index contributed by atoms with van der Waals surface area (Å²) in [4.78, 5) is 7.49. The van der Waals surface area contributed by atoms with Crippen molar-refractivity contribution in [2.75, 3.05) is 5.75 Å². The Balaban J connectivity index is 1.33. The standard InChI is InChI=1S/C21H24N6O2S/c1-14-11-16(26-30(28,29)10-8-15-5-3-2-4-6-15)12-17(14)21-25-24-19-13-23-20-18(27(19)21)7-9-22-20/h2-7,9,13-14,16-17,22,26H,8,10-12H2,1H3. The van der Waals surface area contributed by atoms with Crippen LogP contribution in [0, 0.1) is 5.92 Å². The van der Waals surface area contributed by atoms with Gasteiger partial charge in [-0.05, 0) is 36.8 Å². The molecule has 2 N–H and O–H groups in total. The molecule has 0 saturated heterocycles. The van der Waals surface area contributed by atoms with E-state index in [9.17, 15) is 8.42 Å². The quantitative estimate of drug-likeness (QED) is 0.495. The first-order valence-electron chi connectivity index (χ1n) is 10.2. The van der Waals surface area contributed by atoms with E-state index in [4.69, 9.17) is 0 Å². The van der Waals surface area contributed by atoms with Gasteiger partial charge < -0.3 is 4.98 Å². The van der Waals surface area contributed by atoms with Gasteiger partial charge in [-0.25, -0.2) is 18.1 Å². The Kier molecular flexibility index (Phi) is 4.79. The normalized spacial score (nSPS) is 22.2. The van der Waals surface area contributed by atoms with Gasteiger partial charge in [0.05, 0.1) is 17.5 Å². The zero-order chi connectivity index (χ0) is 20.7. The van der Waals surface area contributed by atoms with E-state index in [0.717, 1.165) is 29.0 Å². The average Bonchev–Trinajstić information content (AvgIpc) is 3.44. The summed E-state index contributed by atoms with van der Waals surface area (Å²) in [6.07, 6.45) is 5.56. The maximum atomic E-state index is 12.7. The van der Waals surface area contributed by atoms with Crippen LogP contribution in [0.15, 0.2) is 48.8 Å². The summed E-state index contributed by atoms with van der Waals surface area (Å²) in [6, 6.07) is 11.6. The van der Waals surface area contributed by atoms with Crippen LogP contribution in [0.3, 0.4) is 0 Å². The Labute approximate surface area is 174 Å². The molecule has 3 heterocycles. The number of H-pyrrole nitrogens is 1. The van der Waals surface area contributed by atoms with Crippen LogP contribution in [0.25, 0.3) is 16.8 Å². The molecule has 156 valence electrons. The summed E-state index contributed by atoms with van der Waals surface area (Å²) in [6.45, 7) is 2.15. The smallest absolute Gasteiger partial charge is 0.212 e. The first kappa shape index (κ1) is 19.2. The second kappa shape index (κ2) is 7.48. The number of aryl methyl sites for hydroxylation is 1. The van der Waals surface area contributed by atoms with Crippen LogP contribution in [0.2, 0.25) is 0 Å². The Bertz CT molecular complexity index is 1280. The lowest BCUT2D eigenvalue weighted by Crippen LogP contribution is -2.35. The molecule has 1 aliphatic rings. The number of nitrogens with one attached hydrogen (secondary N) is 2. The van der Waals surface area contributed by atoms with Crippen molar-refractivity contribution in [3.8, 4) is 0 Å². The lowest BCUT2D eigenvalue weighted by atomic mass is 9.97. The van der Waals surface area contributed by atoms with E-state index in [1.165, 1.54) is 0 Å². The number of benzene rings is 1. The van der Waals surface area contributed by atoms with E-state index in [1.807, 2.05) is 47.0 Å². The largest absolute Gasteiger partial charge is 0.345 e. The Morgan fingerprint density at radius 2 is 2.00 bits per heavy atom. The van der Waals surface area contributed by atoms with Crippen molar-refractivity contribution in [3.63, 3.8) is 0 Å². The van der Waals surface area contributed by atoms with E-state index in [0.29, 0.717) is 24.4 Å². The van der Waals surface area contributed by atoms with Gasteiger partial charge in [0.25, 0.3) is 0 Å². The fourth-order valence-corrected chi connectivity index (χ4v) is 5.87. The number of hydrogen-bond acceptors (Lipinski definition) is 5. The third-order valence-corrected chi connectivity index (χ3v) is 7.46. The highest BCUT2D eigenvalue weighted by molar-refractivity contribution is 7.89. The lowest BCUT2D eigenvalue weighted by Gasteiger charge is -2.14. The molecule has 1 aromatic carbocycles. The molecule has 1 aliphatic carbocycles. The topological polar surface area (TPSA) is 105 Å². The SMILES string of the molecule is CC1CC(NS(=O)(=O)CCc2ccccc2)CC1c1nnc2cnc3[nH]ccc3n12. The van der Waals surface area contributed by atoms with Crippen LogP contribution >= 0.6 is 0 Å². The molecule has 30 heavy (non-hydrogen) atoms. The average molecular weight is 425 g/mol. The molecule has 3 unspecified atom stereocenters. The second-order valence-corrected chi connectivity index (χ2v) is 10.0. The number of aromatic nitrogens is 5. The third kappa shape index (κ3) is 3.59. The van der Waals surface area contributed by atoms with Gasteiger partial charge in [0.15, 0.2) is 11.3 Å². The maximum absolute atomic E-state index is 12.7. The highest BCUT2D eigenvalue weighted by Crippen LogP contribution is 2.39. The van der Waals surface area contributed by atoms with Crippen molar-refractivity contribution < 1.29 is 8.42 Å². The van der Waals surface area contributed by atoms with Crippen LogP contribution in [0.4, 0.5) is 0 Å². The van der Waals surface area contributed by atoms with Crippen molar-refractivity contribution >= 4 is 26.8 Å². The van der Waals surface area contributed by atoms with Gasteiger partial charge in [0, 0.05) is 18.2 Å². The second-order valence-electron chi connectivity index (χ2n) is 8.15. The molecule has 0 aliphatic heterocycles. The van der Waals surface area contributed by atoms with E-state index in [1.54, 1.807) is 6.20 Å². The van der Waals surface area contributed by atoms with E-state index in [2.05, 4.69) is 31.8 Å². The van der Waals surface area contributed by atoms with Gasteiger partial charge in [0.2, 0.25) is 10.0 Å². The summed E-state index contributed by atoms with van der Waals surface area (Å²) in [5.41, 5.74) is 3.45. The van der Waals surface area contributed by atoms with Crippen LogP contribution in [0.5, 0.6) is 0 Å². The molecule has 1 saturated carbocycles. The first-order valence-corrected chi connectivity index (χ1v) is 11.9. The number of aromatic amines is 1. The molecule has 8 nitrogen and oxygen atoms in total. The van der Waals surface area contributed by atoms with Crippen LogP contribution in [0.1, 0.15) is 37.1 Å². The molecule has 0 bridgehead atoms. The number of sulfonamides is 1. The van der Waals surface area contributed by atoms with Gasteiger partial charge in [-0.15, -0.1) is 10.2 Å². The van der Waals surface area contributed by atoms with E-state index >= 15 is 0 Å². The summed E-state index contributed by atoms with van der Waals surface area (Å²) in [5, 5.41) is 8.73. The molecule has 1 fully saturated rings. The van der Waals surface area contributed by atoms with Crippen LogP contribution < -0.4 is 4.72 Å². The molecular formula is C21H24N6O2S. The minimum atomic E-state index is -3.35. The molecule has 0 amide bonds. The zero-order valence-corrected chi connectivity index (χ0v) is 17.5. The van der Waals surface area contributed by atoms with Gasteiger partial charge in [-0.2, -0.15) is 0 Å². The number of nitrogens with zero attached hydrogens (tertiary/aromatic N) is 4. The number of rotatable bonds is 6. The summed E-state index contributed by atoms with van der Waals surface area (Å²) < 4.78 is 30.3. The first-order chi connectivity index (χ1) is 14.5. The number of hydrogen-bond donors (Lipinski definition) is 2. The monoisotopic (exact) mass is 424 g/mol. The Morgan fingerprint density at radius 1 is 1.17 bits per heavy atom. The summed E-state index contributed by atoms with van der Waals surface area (Å²) >= 11 is 0. The fourth-order valence-electron chi connectivity index (χ4n) is 4.55. The Hall–Kier alpha value is -2.78. The summed E-state index contributed by atoms with van der Waals surface area (Å²) in [7, 11) is -3.35. The zero-order valence-electron chi connectivity index (χ0n) is 16.7. The van der Waals surface area contributed by atoms with Crippen molar-refractivity contribution in [2.45, 2.75) is 38.1 Å². The highest BCUT2D eigenvalue weighted by Gasteiger charge is 2.37. The fraction of sp³-hybridized carbons (Fsp3) is 0.381. The van der Waals surface area contributed by atoms with E-state index in [-0.39, 0.29) is 17.7 Å². The molecule has 4 aromatic rings.